The molecule has 0 bridgehead atoms. The molecule has 1 atom stereocenters. The predicted molar refractivity (Wildman–Crippen MR) is 112 cm³/mol. The first kappa shape index (κ1) is 20.5. The number of aryl methyl sites for hydroxylation is 1. The van der Waals surface area contributed by atoms with Crippen molar-refractivity contribution in [1.82, 2.24) is 20.0 Å². The summed E-state index contributed by atoms with van der Waals surface area (Å²) >= 11 is 0. The van der Waals surface area contributed by atoms with Crippen LogP contribution in [0.5, 0.6) is 11.5 Å². The van der Waals surface area contributed by atoms with Crippen molar-refractivity contribution in [3.8, 4) is 11.5 Å². The molecule has 9 nitrogen and oxygen atoms in total. The Morgan fingerprint density at radius 1 is 1.34 bits per heavy atom. The molecular formula is C20H28N6O3. The van der Waals surface area contributed by atoms with Crippen LogP contribution in [0.4, 0.5) is 5.69 Å². The van der Waals surface area contributed by atoms with Crippen LogP contribution in [0.15, 0.2) is 41.7 Å². The summed E-state index contributed by atoms with van der Waals surface area (Å²) in [7, 11) is 5.18. The lowest BCUT2D eigenvalue weighted by atomic mass is 10.3. The number of guanidine groups is 1. The average molecular weight is 400 g/mol. The van der Waals surface area contributed by atoms with Gasteiger partial charge in [-0.15, -0.1) is 0 Å². The zero-order valence-electron chi connectivity index (χ0n) is 17.3. The maximum atomic E-state index is 12.6. The van der Waals surface area contributed by atoms with Gasteiger partial charge in [0.2, 0.25) is 5.91 Å². The molecule has 1 aliphatic heterocycles. The molecule has 9 heteroatoms. The van der Waals surface area contributed by atoms with Gasteiger partial charge in [0.05, 0.1) is 25.5 Å². The number of nitrogens with zero attached hydrogens (tertiary/aromatic N) is 5. The number of aromatic nitrogens is 2. The fourth-order valence-corrected chi connectivity index (χ4v) is 3.19. The van der Waals surface area contributed by atoms with Gasteiger partial charge in [0, 0.05) is 39.4 Å². The molecule has 0 radical (unpaired) electrons. The van der Waals surface area contributed by atoms with Crippen LogP contribution in [-0.4, -0.2) is 73.0 Å². The molecule has 1 N–H and O–H groups in total. The molecule has 1 fully saturated rings. The van der Waals surface area contributed by atoms with E-state index in [0.717, 1.165) is 17.2 Å². The standard InChI is InChI=1S/C20H28N6O3/c1-15(29-18-7-5-6-17(10-18)28-4)11-22-20(21-2)25-8-9-26(19(27)14-25)16-12-23-24(3)13-16/h5-7,10,12-13,15H,8-9,11,14H2,1-4H3,(H,21,22). The molecule has 2 aromatic rings. The summed E-state index contributed by atoms with van der Waals surface area (Å²) in [5.74, 6) is 2.20. The summed E-state index contributed by atoms with van der Waals surface area (Å²) in [6.45, 7) is 4.07. The van der Waals surface area contributed by atoms with Gasteiger partial charge in [-0.05, 0) is 19.1 Å². The molecule has 1 amide bonds. The second-order valence-corrected chi connectivity index (χ2v) is 6.87. The first-order chi connectivity index (χ1) is 14.0. The number of hydrogen-bond acceptors (Lipinski definition) is 5. The smallest absolute Gasteiger partial charge is 0.246 e. The first-order valence-corrected chi connectivity index (χ1v) is 9.55. The first-order valence-electron chi connectivity index (χ1n) is 9.55. The number of rotatable bonds is 6. The zero-order chi connectivity index (χ0) is 20.8. The molecule has 0 saturated carbocycles. The van der Waals surface area contributed by atoms with E-state index in [9.17, 15) is 4.79 Å². The quantitative estimate of drug-likeness (QED) is 0.578. The Balaban J connectivity index is 1.52. The number of anilines is 1. The van der Waals surface area contributed by atoms with Gasteiger partial charge in [0.25, 0.3) is 0 Å². The number of piperazine rings is 1. The van der Waals surface area contributed by atoms with Crippen molar-refractivity contribution in [3.05, 3.63) is 36.7 Å². The molecule has 1 saturated heterocycles. The summed E-state index contributed by atoms with van der Waals surface area (Å²) in [5.41, 5.74) is 0.820. The second kappa shape index (κ2) is 9.31. The number of carbonyl (C=O) groups excluding carboxylic acids is 1. The highest BCUT2D eigenvalue weighted by molar-refractivity contribution is 5.98. The van der Waals surface area contributed by atoms with E-state index in [1.165, 1.54) is 0 Å². The topological polar surface area (TPSA) is 84.2 Å². The van der Waals surface area contributed by atoms with Gasteiger partial charge in [-0.2, -0.15) is 5.10 Å². The van der Waals surface area contributed by atoms with Gasteiger partial charge < -0.3 is 24.6 Å². The molecule has 0 aliphatic carbocycles. The van der Waals surface area contributed by atoms with Crippen LogP contribution in [0.2, 0.25) is 0 Å². The van der Waals surface area contributed by atoms with E-state index in [4.69, 9.17) is 9.47 Å². The highest BCUT2D eigenvalue weighted by Gasteiger charge is 2.27. The van der Waals surface area contributed by atoms with Crippen LogP contribution in [0, 0.1) is 0 Å². The van der Waals surface area contributed by atoms with Crippen molar-refractivity contribution >= 4 is 17.6 Å². The average Bonchev–Trinajstić information content (AvgIpc) is 3.14. The van der Waals surface area contributed by atoms with Crippen molar-refractivity contribution < 1.29 is 14.3 Å². The van der Waals surface area contributed by atoms with E-state index in [1.54, 1.807) is 29.9 Å². The van der Waals surface area contributed by atoms with E-state index < -0.39 is 0 Å². The van der Waals surface area contributed by atoms with Crippen molar-refractivity contribution in [3.63, 3.8) is 0 Å². The minimum absolute atomic E-state index is 0.0212. The SMILES string of the molecule is CN=C(NCC(C)Oc1cccc(OC)c1)N1CCN(c2cnn(C)c2)C(=O)C1. The third kappa shape index (κ3) is 5.18. The Morgan fingerprint density at radius 3 is 2.79 bits per heavy atom. The molecule has 1 aromatic carbocycles. The number of aliphatic imine (C=N–C) groups is 1. The zero-order valence-corrected chi connectivity index (χ0v) is 17.3. The highest BCUT2D eigenvalue weighted by atomic mass is 16.5. The number of amides is 1. The Labute approximate surface area is 170 Å². The summed E-state index contributed by atoms with van der Waals surface area (Å²) in [6, 6.07) is 7.51. The van der Waals surface area contributed by atoms with Crippen LogP contribution in [0.3, 0.4) is 0 Å². The van der Waals surface area contributed by atoms with Gasteiger partial charge in [-0.25, -0.2) is 0 Å². The molecule has 156 valence electrons. The molecule has 29 heavy (non-hydrogen) atoms. The van der Waals surface area contributed by atoms with E-state index >= 15 is 0 Å². The van der Waals surface area contributed by atoms with Crippen molar-refractivity contribution in [2.45, 2.75) is 13.0 Å². The molecule has 2 heterocycles. The van der Waals surface area contributed by atoms with Crippen LogP contribution in [0.25, 0.3) is 0 Å². The lowest BCUT2D eigenvalue weighted by molar-refractivity contribution is -0.120. The normalized spacial score (nSPS) is 16.0. The molecule has 3 rings (SSSR count). The van der Waals surface area contributed by atoms with Crippen LogP contribution < -0.4 is 19.7 Å². The van der Waals surface area contributed by atoms with Gasteiger partial charge in [-0.1, -0.05) is 6.07 Å². The number of ether oxygens (including phenoxy) is 2. The van der Waals surface area contributed by atoms with E-state index in [1.807, 2.05) is 49.3 Å². The van der Waals surface area contributed by atoms with E-state index in [0.29, 0.717) is 25.6 Å². The maximum absolute atomic E-state index is 12.6. The Hall–Kier alpha value is -3.23. The van der Waals surface area contributed by atoms with Crippen LogP contribution in [-0.2, 0) is 11.8 Å². The number of benzene rings is 1. The van der Waals surface area contributed by atoms with Crippen LogP contribution >= 0.6 is 0 Å². The Kier molecular flexibility index (Phi) is 6.58. The van der Waals surface area contributed by atoms with E-state index in [-0.39, 0.29) is 18.6 Å². The Bertz CT molecular complexity index is 865. The van der Waals surface area contributed by atoms with E-state index in [2.05, 4.69) is 15.4 Å². The summed E-state index contributed by atoms with van der Waals surface area (Å²) < 4.78 is 12.9. The molecular weight excluding hydrogens is 372 g/mol. The van der Waals surface area contributed by atoms with Gasteiger partial charge in [-0.3, -0.25) is 14.5 Å². The third-order valence-electron chi connectivity index (χ3n) is 4.66. The number of methoxy groups -OCH3 is 1. The summed E-state index contributed by atoms with van der Waals surface area (Å²) in [5, 5.41) is 7.44. The van der Waals surface area contributed by atoms with Crippen LogP contribution in [0.1, 0.15) is 6.92 Å². The lowest BCUT2D eigenvalue weighted by Gasteiger charge is -2.35. The van der Waals surface area contributed by atoms with Gasteiger partial charge in [0.15, 0.2) is 5.96 Å². The summed E-state index contributed by atoms with van der Waals surface area (Å²) in [6.07, 6.45) is 3.46. The monoisotopic (exact) mass is 400 g/mol. The lowest BCUT2D eigenvalue weighted by Crippen LogP contribution is -2.56. The molecule has 1 unspecified atom stereocenters. The fraction of sp³-hybridized carbons (Fsp3) is 0.450. The van der Waals surface area contributed by atoms with Gasteiger partial charge in [0.1, 0.15) is 24.1 Å². The summed E-state index contributed by atoms with van der Waals surface area (Å²) in [4.78, 5) is 20.6. The Morgan fingerprint density at radius 2 is 2.14 bits per heavy atom. The second-order valence-electron chi connectivity index (χ2n) is 6.87. The highest BCUT2D eigenvalue weighted by Crippen LogP contribution is 2.20. The number of carbonyl (C=O) groups is 1. The third-order valence-corrected chi connectivity index (χ3v) is 4.66. The minimum atomic E-state index is -0.0914. The maximum Gasteiger partial charge on any atom is 0.246 e. The molecule has 1 aromatic heterocycles. The van der Waals surface area contributed by atoms with Gasteiger partial charge >= 0.3 is 0 Å². The number of hydrogen-bond donors (Lipinski definition) is 1. The predicted octanol–water partition coefficient (Wildman–Crippen LogP) is 1.12. The largest absolute Gasteiger partial charge is 0.497 e. The van der Waals surface area contributed by atoms with Crippen molar-refractivity contribution in [1.29, 1.82) is 0 Å². The van der Waals surface area contributed by atoms with Crippen molar-refractivity contribution in [2.24, 2.45) is 12.0 Å². The number of nitrogens with one attached hydrogen (secondary N) is 1. The fourth-order valence-electron chi connectivity index (χ4n) is 3.19. The molecule has 0 spiro atoms. The minimum Gasteiger partial charge on any atom is -0.497 e. The van der Waals surface area contributed by atoms with Crippen molar-refractivity contribution in [2.75, 3.05) is 45.2 Å². The molecule has 1 aliphatic rings.